The SMILES string of the molecule is COc1ccc(C2CC(c3ccccc3)=Nc3ccccc3S2)cc1.COc1ccc(C2CC(c3ccccc3)=Nc3ccccc3S2)cc1. The molecule has 6 aromatic carbocycles. The van der Waals surface area contributed by atoms with Crippen LogP contribution in [0.4, 0.5) is 11.4 Å². The summed E-state index contributed by atoms with van der Waals surface area (Å²) in [4.78, 5) is 12.4. The van der Waals surface area contributed by atoms with Gasteiger partial charge in [0.25, 0.3) is 0 Å². The largest absolute Gasteiger partial charge is 0.497 e. The number of methoxy groups -OCH3 is 2. The van der Waals surface area contributed by atoms with Gasteiger partial charge in [-0.15, -0.1) is 23.5 Å². The van der Waals surface area contributed by atoms with Gasteiger partial charge >= 0.3 is 0 Å². The van der Waals surface area contributed by atoms with Crippen LogP contribution in [0, 0.1) is 0 Å². The molecule has 0 bridgehead atoms. The second-order valence-electron chi connectivity index (χ2n) is 12.0. The molecule has 0 N–H and O–H groups in total. The van der Waals surface area contributed by atoms with Crippen LogP contribution in [0.2, 0.25) is 0 Å². The summed E-state index contributed by atoms with van der Waals surface area (Å²) >= 11 is 3.77. The van der Waals surface area contributed by atoms with Gasteiger partial charge in [-0.05, 0) is 70.8 Å². The molecule has 2 unspecified atom stereocenters. The molecule has 0 amide bonds. The summed E-state index contributed by atoms with van der Waals surface area (Å²) in [6, 6.07) is 54.5. The molecular formula is C44H38N2O2S2. The fourth-order valence-corrected chi connectivity index (χ4v) is 8.52. The number of hydrogen-bond donors (Lipinski definition) is 0. The van der Waals surface area contributed by atoms with E-state index in [4.69, 9.17) is 19.5 Å². The van der Waals surface area contributed by atoms with Crippen molar-refractivity contribution in [3.8, 4) is 11.5 Å². The summed E-state index contributed by atoms with van der Waals surface area (Å²) in [6.07, 6.45) is 1.80. The molecule has 2 heterocycles. The van der Waals surface area contributed by atoms with Gasteiger partial charge in [0.05, 0.1) is 25.6 Å². The number of fused-ring (bicyclic) bond motifs is 2. The molecule has 0 fully saturated rings. The number of aliphatic imine (C=N–C) groups is 2. The van der Waals surface area contributed by atoms with Crippen LogP contribution in [0.3, 0.4) is 0 Å². The van der Waals surface area contributed by atoms with E-state index in [1.807, 2.05) is 59.9 Å². The van der Waals surface area contributed by atoms with E-state index in [0.29, 0.717) is 10.5 Å². The van der Waals surface area contributed by atoms with E-state index in [1.54, 1.807) is 14.2 Å². The minimum atomic E-state index is 0.327. The molecule has 0 spiro atoms. The Bertz CT molecular complexity index is 1930. The Morgan fingerprint density at radius 3 is 1.18 bits per heavy atom. The maximum atomic E-state index is 5.30. The smallest absolute Gasteiger partial charge is 0.118 e. The predicted octanol–water partition coefficient (Wildman–Crippen LogP) is 12.1. The summed E-state index contributed by atoms with van der Waals surface area (Å²) in [7, 11) is 3.40. The van der Waals surface area contributed by atoms with E-state index in [-0.39, 0.29) is 0 Å². The fraction of sp³-hybridized carbons (Fsp3) is 0.136. The number of nitrogens with zero attached hydrogens (tertiary/aromatic N) is 2. The maximum Gasteiger partial charge on any atom is 0.118 e. The van der Waals surface area contributed by atoms with Crippen molar-refractivity contribution >= 4 is 46.3 Å². The van der Waals surface area contributed by atoms with Crippen LogP contribution in [-0.2, 0) is 0 Å². The highest BCUT2D eigenvalue weighted by atomic mass is 32.2. The van der Waals surface area contributed by atoms with E-state index in [0.717, 1.165) is 47.1 Å². The summed E-state index contributed by atoms with van der Waals surface area (Å²) in [6.45, 7) is 0. The van der Waals surface area contributed by atoms with Crippen molar-refractivity contribution in [3.05, 3.63) is 180 Å². The Kier molecular flexibility index (Phi) is 10.8. The molecule has 50 heavy (non-hydrogen) atoms. The van der Waals surface area contributed by atoms with Crippen LogP contribution in [0.1, 0.15) is 45.6 Å². The Morgan fingerprint density at radius 2 is 0.800 bits per heavy atom. The average molecular weight is 691 g/mol. The number of hydrogen-bond acceptors (Lipinski definition) is 6. The van der Waals surface area contributed by atoms with Gasteiger partial charge in [-0.3, -0.25) is 9.98 Å². The molecule has 0 saturated carbocycles. The number of para-hydroxylation sites is 2. The summed E-state index contributed by atoms with van der Waals surface area (Å²) in [5.41, 5.74) is 9.37. The quantitative estimate of drug-likeness (QED) is 0.174. The van der Waals surface area contributed by atoms with E-state index >= 15 is 0 Å². The summed E-state index contributed by atoms with van der Waals surface area (Å²) in [5.74, 6) is 1.78. The molecule has 248 valence electrons. The van der Waals surface area contributed by atoms with Crippen molar-refractivity contribution in [2.45, 2.75) is 33.1 Å². The van der Waals surface area contributed by atoms with Crippen molar-refractivity contribution in [1.29, 1.82) is 0 Å². The zero-order chi connectivity index (χ0) is 34.1. The molecule has 0 aliphatic carbocycles. The Hall–Kier alpha value is -5.04. The Morgan fingerprint density at radius 1 is 0.440 bits per heavy atom. The van der Waals surface area contributed by atoms with Crippen LogP contribution in [0.25, 0.3) is 0 Å². The molecule has 8 rings (SSSR count). The lowest BCUT2D eigenvalue weighted by Crippen LogP contribution is -2.05. The zero-order valence-corrected chi connectivity index (χ0v) is 29.7. The average Bonchev–Trinajstić information content (AvgIpc) is 3.52. The number of ether oxygens (including phenoxy) is 2. The van der Waals surface area contributed by atoms with Gasteiger partial charge in [-0.25, -0.2) is 0 Å². The highest BCUT2D eigenvalue weighted by molar-refractivity contribution is 8.00. The maximum absolute atomic E-state index is 5.30. The first kappa shape index (κ1) is 33.5. The third-order valence-electron chi connectivity index (χ3n) is 8.73. The molecule has 0 saturated heterocycles. The number of thioether (sulfide) groups is 2. The van der Waals surface area contributed by atoms with Crippen LogP contribution in [0.15, 0.2) is 178 Å². The van der Waals surface area contributed by atoms with Crippen molar-refractivity contribution in [3.63, 3.8) is 0 Å². The fourth-order valence-electron chi connectivity index (χ4n) is 6.06. The third-order valence-corrected chi connectivity index (χ3v) is 11.4. The number of rotatable bonds is 6. The number of benzene rings is 6. The molecule has 2 aliphatic heterocycles. The van der Waals surface area contributed by atoms with Crippen LogP contribution < -0.4 is 9.47 Å². The van der Waals surface area contributed by atoms with Gasteiger partial charge in [-0.2, -0.15) is 0 Å². The molecular weight excluding hydrogens is 653 g/mol. The van der Waals surface area contributed by atoms with E-state index in [9.17, 15) is 0 Å². The van der Waals surface area contributed by atoms with E-state index in [2.05, 4.69) is 121 Å². The Labute approximate surface area is 303 Å². The predicted molar refractivity (Wildman–Crippen MR) is 211 cm³/mol. The van der Waals surface area contributed by atoms with Gasteiger partial charge < -0.3 is 9.47 Å². The molecule has 2 aliphatic rings. The second-order valence-corrected chi connectivity index (χ2v) is 14.4. The molecule has 0 radical (unpaired) electrons. The summed E-state index contributed by atoms with van der Waals surface area (Å²) < 4.78 is 10.6. The normalized spacial score (nSPS) is 16.5. The molecule has 6 aromatic rings. The van der Waals surface area contributed by atoms with Gasteiger partial charge in [-0.1, -0.05) is 109 Å². The zero-order valence-electron chi connectivity index (χ0n) is 28.1. The first-order valence-corrected chi connectivity index (χ1v) is 18.5. The minimum Gasteiger partial charge on any atom is -0.497 e. The van der Waals surface area contributed by atoms with Crippen LogP contribution in [-0.4, -0.2) is 25.6 Å². The van der Waals surface area contributed by atoms with E-state index in [1.165, 1.54) is 32.0 Å². The Balaban J connectivity index is 0.000000157. The first-order valence-electron chi connectivity index (χ1n) is 16.7. The second kappa shape index (κ2) is 16.1. The minimum absolute atomic E-state index is 0.327. The molecule has 0 aromatic heterocycles. The van der Waals surface area contributed by atoms with Gasteiger partial charge in [0.15, 0.2) is 0 Å². The van der Waals surface area contributed by atoms with Crippen molar-refractivity contribution in [2.75, 3.05) is 14.2 Å². The van der Waals surface area contributed by atoms with E-state index < -0.39 is 0 Å². The lowest BCUT2D eigenvalue weighted by molar-refractivity contribution is 0.414. The van der Waals surface area contributed by atoms with Crippen LogP contribution >= 0.6 is 23.5 Å². The molecule has 2 atom stereocenters. The molecule has 4 nitrogen and oxygen atoms in total. The van der Waals surface area contributed by atoms with Crippen molar-refractivity contribution in [2.24, 2.45) is 9.98 Å². The van der Waals surface area contributed by atoms with Gasteiger partial charge in [0.2, 0.25) is 0 Å². The third kappa shape index (κ3) is 8.05. The first-order chi connectivity index (χ1) is 24.7. The lowest BCUT2D eigenvalue weighted by Gasteiger charge is -2.16. The topological polar surface area (TPSA) is 43.2 Å². The highest BCUT2D eigenvalue weighted by Crippen LogP contribution is 2.47. The van der Waals surface area contributed by atoms with Crippen LogP contribution in [0.5, 0.6) is 11.5 Å². The van der Waals surface area contributed by atoms with Crippen molar-refractivity contribution < 1.29 is 9.47 Å². The van der Waals surface area contributed by atoms with Crippen molar-refractivity contribution in [1.82, 2.24) is 0 Å². The molecule has 6 heteroatoms. The standard InChI is InChI=1S/2C22H19NOS/c2*1-24-18-13-11-17(12-14-18)22-15-20(16-7-3-2-4-8-16)23-19-9-5-6-10-21(19)25-22/h2*2-14,22H,15H2,1H3. The van der Waals surface area contributed by atoms with Gasteiger partial charge in [0.1, 0.15) is 11.5 Å². The monoisotopic (exact) mass is 690 g/mol. The summed E-state index contributed by atoms with van der Waals surface area (Å²) in [5, 5.41) is 0.655. The lowest BCUT2D eigenvalue weighted by atomic mass is 10.0. The van der Waals surface area contributed by atoms with Gasteiger partial charge in [0, 0.05) is 44.6 Å². The highest BCUT2D eigenvalue weighted by Gasteiger charge is 2.24.